The third-order valence-electron chi connectivity index (χ3n) is 3.16. The average molecular weight is 340 g/mol. The van der Waals surface area contributed by atoms with E-state index in [1.54, 1.807) is 38.1 Å². The molecule has 0 fully saturated rings. The first-order chi connectivity index (χ1) is 9.29. The first-order valence-corrected chi connectivity index (χ1v) is 6.82. The molecule has 0 aromatic heterocycles. The molecule has 2 rings (SSSR count). The van der Waals surface area contributed by atoms with Crippen LogP contribution in [0.25, 0.3) is 0 Å². The summed E-state index contributed by atoms with van der Waals surface area (Å²) in [6.07, 6.45) is 0. The van der Waals surface area contributed by atoms with Gasteiger partial charge in [0.15, 0.2) is 6.04 Å². The Labute approximate surface area is 125 Å². The van der Waals surface area contributed by atoms with E-state index in [0.717, 1.165) is 4.90 Å². The van der Waals surface area contributed by atoms with Crippen LogP contribution in [0.4, 0.5) is 0 Å². The normalized spacial score (nSPS) is 16.1. The van der Waals surface area contributed by atoms with Crippen LogP contribution in [0.3, 0.4) is 0 Å². The third kappa shape index (κ3) is 2.24. The molecule has 0 radical (unpaired) electrons. The van der Waals surface area contributed by atoms with Gasteiger partial charge >= 0.3 is 5.97 Å². The van der Waals surface area contributed by atoms with Crippen LogP contribution in [0.5, 0.6) is 0 Å². The van der Waals surface area contributed by atoms with Crippen molar-refractivity contribution in [2.75, 3.05) is 7.11 Å². The number of methoxy groups -OCH3 is 1. The lowest BCUT2D eigenvalue weighted by Crippen LogP contribution is -2.54. The Bertz CT molecular complexity index is 556. The highest BCUT2D eigenvalue weighted by Crippen LogP contribution is 2.32. The molecule has 5 nitrogen and oxygen atoms in total. The highest BCUT2D eigenvalue weighted by atomic mass is 79.9. The Balaban J connectivity index is 2.50. The van der Waals surface area contributed by atoms with Crippen molar-refractivity contribution in [2.45, 2.75) is 24.2 Å². The summed E-state index contributed by atoms with van der Waals surface area (Å²) in [4.78, 5) is 37.7. The fourth-order valence-electron chi connectivity index (χ4n) is 2.25. The molecule has 0 bridgehead atoms. The Morgan fingerprint density at radius 1 is 1.20 bits per heavy atom. The number of hydrogen-bond acceptors (Lipinski definition) is 4. The molecule has 0 aliphatic carbocycles. The van der Waals surface area contributed by atoms with Crippen molar-refractivity contribution in [1.29, 1.82) is 0 Å². The molecular weight excluding hydrogens is 326 g/mol. The van der Waals surface area contributed by atoms with E-state index in [0.29, 0.717) is 11.1 Å². The van der Waals surface area contributed by atoms with Crippen LogP contribution in [-0.2, 0) is 9.53 Å². The van der Waals surface area contributed by atoms with E-state index in [4.69, 9.17) is 4.74 Å². The number of hydrogen-bond donors (Lipinski definition) is 0. The zero-order valence-electron chi connectivity index (χ0n) is 11.3. The summed E-state index contributed by atoms with van der Waals surface area (Å²) >= 11 is 3.35. The van der Waals surface area contributed by atoms with Gasteiger partial charge in [0.25, 0.3) is 11.8 Å². The van der Waals surface area contributed by atoms with Gasteiger partial charge in [-0.25, -0.2) is 4.79 Å². The van der Waals surface area contributed by atoms with Crippen LogP contribution >= 0.6 is 15.9 Å². The second-order valence-electron chi connectivity index (χ2n) is 5.02. The van der Waals surface area contributed by atoms with Gasteiger partial charge in [0.2, 0.25) is 0 Å². The summed E-state index contributed by atoms with van der Waals surface area (Å²) in [6, 6.07) is 5.48. The molecule has 0 spiro atoms. The Hall–Kier alpha value is -1.69. The minimum Gasteiger partial charge on any atom is -0.467 e. The summed E-state index contributed by atoms with van der Waals surface area (Å²) in [7, 11) is 1.23. The minimum atomic E-state index is -1.03. The van der Waals surface area contributed by atoms with E-state index in [2.05, 4.69) is 15.9 Å². The van der Waals surface area contributed by atoms with E-state index in [1.165, 1.54) is 7.11 Å². The number of ether oxygens (including phenoxy) is 1. The number of fused-ring (bicyclic) bond motifs is 1. The van der Waals surface area contributed by atoms with E-state index in [9.17, 15) is 14.4 Å². The fraction of sp³-hybridized carbons (Fsp3) is 0.357. The van der Waals surface area contributed by atoms with Crippen LogP contribution in [0.15, 0.2) is 24.3 Å². The highest BCUT2D eigenvalue weighted by Gasteiger charge is 2.48. The summed E-state index contributed by atoms with van der Waals surface area (Å²) < 4.78 is 3.93. The molecule has 1 unspecified atom stereocenters. The highest BCUT2D eigenvalue weighted by molar-refractivity contribution is 9.10. The molecule has 0 N–H and O–H groups in total. The van der Waals surface area contributed by atoms with Gasteiger partial charge in [-0.15, -0.1) is 0 Å². The molecule has 0 saturated carbocycles. The zero-order valence-corrected chi connectivity index (χ0v) is 12.9. The lowest BCUT2D eigenvalue weighted by atomic mass is 10.0. The second-order valence-corrected chi connectivity index (χ2v) is 7.06. The number of alkyl halides is 1. The molecule has 6 heteroatoms. The Morgan fingerprint density at radius 3 is 2.00 bits per heavy atom. The number of carbonyl (C=O) groups excluding carboxylic acids is 3. The first kappa shape index (κ1) is 14.7. The van der Waals surface area contributed by atoms with E-state index in [-0.39, 0.29) is 0 Å². The number of esters is 1. The molecule has 2 amide bonds. The number of halogens is 1. The van der Waals surface area contributed by atoms with E-state index in [1.807, 2.05) is 0 Å². The number of amides is 2. The summed E-state index contributed by atoms with van der Waals surface area (Å²) in [6.45, 7) is 3.41. The van der Waals surface area contributed by atoms with Gasteiger partial charge in [0.05, 0.1) is 22.6 Å². The van der Waals surface area contributed by atoms with Gasteiger partial charge in [-0.3, -0.25) is 14.5 Å². The van der Waals surface area contributed by atoms with Crippen molar-refractivity contribution in [3.63, 3.8) is 0 Å². The number of nitrogens with zero attached hydrogens (tertiary/aromatic N) is 1. The SMILES string of the molecule is COC(=O)C(N1C(=O)c2ccccc2C1=O)C(C)(C)Br. The smallest absolute Gasteiger partial charge is 0.330 e. The van der Waals surface area contributed by atoms with Crippen LogP contribution in [-0.4, -0.2) is 40.2 Å². The maximum atomic E-state index is 12.4. The minimum absolute atomic E-state index is 0.308. The molecule has 20 heavy (non-hydrogen) atoms. The molecule has 106 valence electrons. The maximum Gasteiger partial charge on any atom is 0.330 e. The van der Waals surface area contributed by atoms with Gasteiger partial charge in [0, 0.05) is 0 Å². The lowest BCUT2D eigenvalue weighted by molar-refractivity contribution is -0.146. The van der Waals surface area contributed by atoms with Crippen molar-refractivity contribution in [2.24, 2.45) is 0 Å². The summed E-state index contributed by atoms with van der Waals surface area (Å²) in [5.74, 6) is -1.59. The average Bonchev–Trinajstić information content (AvgIpc) is 2.63. The van der Waals surface area contributed by atoms with Crippen molar-refractivity contribution in [1.82, 2.24) is 4.90 Å². The number of benzene rings is 1. The van der Waals surface area contributed by atoms with Crippen LogP contribution < -0.4 is 0 Å². The molecule has 0 saturated heterocycles. The van der Waals surface area contributed by atoms with Crippen LogP contribution in [0.2, 0.25) is 0 Å². The summed E-state index contributed by atoms with van der Waals surface area (Å²) in [5, 5.41) is 0. The lowest BCUT2D eigenvalue weighted by Gasteiger charge is -2.32. The predicted octanol–water partition coefficient (Wildman–Crippen LogP) is 2.00. The van der Waals surface area contributed by atoms with Gasteiger partial charge < -0.3 is 4.74 Å². The Kier molecular flexibility index (Phi) is 3.69. The molecule has 1 aliphatic heterocycles. The third-order valence-corrected chi connectivity index (χ3v) is 3.59. The number of imide groups is 1. The molecule has 1 heterocycles. The Morgan fingerprint density at radius 2 is 1.65 bits per heavy atom. The number of carbonyl (C=O) groups is 3. The van der Waals surface area contributed by atoms with E-state index >= 15 is 0 Å². The molecule has 1 atom stereocenters. The van der Waals surface area contributed by atoms with Crippen molar-refractivity contribution < 1.29 is 19.1 Å². The second kappa shape index (κ2) is 5.01. The number of rotatable bonds is 3. The largest absolute Gasteiger partial charge is 0.467 e. The quantitative estimate of drug-likeness (QED) is 0.480. The monoisotopic (exact) mass is 339 g/mol. The molecular formula is C14H14BrNO4. The van der Waals surface area contributed by atoms with Gasteiger partial charge in [-0.2, -0.15) is 0 Å². The summed E-state index contributed by atoms with van der Waals surface area (Å²) in [5.41, 5.74) is 0.617. The maximum absolute atomic E-state index is 12.4. The van der Waals surface area contributed by atoms with Crippen molar-refractivity contribution in [3.05, 3.63) is 35.4 Å². The van der Waals surface area contributed by atoms with E-state index < -0.39 is 28.1 Å². The standard InChI is InChI=1S/C14H14BrNO4/c1-14(2,15)10(13(19)20-3)16-11(17)8-6-4-5-7-9(8)12(16)18/h4-7,10H,1-3H3. The van der Waals surface area contributed by atoms with Gasteiger partial charge in [-0.05, 0) is 26.0 Å². The zero-order chi connectivity index (χ0) is 15.1. The van der Waals surface area contributed by atoms with Crippen LogP contribution in [0, 0.1) is 0 Å². The van der Waals surface area contributed by atoms with Gasteiger partial charge in [0.1, 0.15) is 0 Å². The topological polar surface area (TPSA) is 63.7 Å². The molecule has 1 aromatic rings. The fourth-order valence-corrected chi connectivity index (χ4v) is 2.64. The van der Waals surface area contributed by atoms with Crippen molar-refractivity contribution >= 4 is 33.7 Å². The first-order valence-electron chi connectivity index (χ1n) is 6.02. The molecule has 1 aromatic carbocycles. The molecule has 1 aliphatic rings. The van der Waals surface area contributed by atoms with Crippen molar-refractivity contribution in [3.8, 4) is 0 Å². The van der Waals surface area contributed by atoms with Crippen LogP contribution in [0.1, 0.15) is 34.6 Å². The van der Waals surface area contributed by atoms with Gasteiger partial charge in [-0.1, -0.05) is 28.1 Å². The predicted molar refractivity (Wildman–Crippen MR) is 75.8 cm³/mol.